The average molecular weight is 371 g/mol. The van der Waals surface area contributed by atoms with Crippen LogP contribution in [0, 0.1) is 0 Å². The van der Waals surface area contributed by atoms with E-state index in [0.717, 1.165) is 15.9 Å². The largest absolute Gasteiger partial charge is 0.352 e. The third-order valence-electron chi connectivity index (χ3n) is 3.34. The van der Waals surface area contributed by atoms with Crippen molar-refractivity contribution in [1.82, 2.24) is 20.1 Å². The van der Waals surface area contributed by atoms with Crippen molar-refractivity contribution in [3.63, 3.8) is 0 Å². The fourth-order valence-electron chi connectivity index (χ4n) is 2.16. The molecule has 0 atom stereocenters. The first-order valence-electron chi connectivity index (χ1n) is 7.21. The van der Waals surface area contributed by atoms with Gasteiger partial charge in [-0.25, -0.2) is 4.68 Å². The third-order valence-corrected chi connectivity index (χ3v) is 3.75. The predicted molar refractivity (Wildman–Crippen MR) is 91.5 cm³/mol. The van der Waals surface area contributed by atoms with Gasteiger partial charge in [0.05, 0.1) is 16.4 Å². The highest BCUT2D eigenvalue weighted by molar-refractivity contribution is 9.10. The lowest BCUT2D eigenvalue weighted by Crippen LogP contribution is -2.25. The first kappa shape index (κ1) is 15.4. The molecular weight excluding hydrogens is 356 g/mol. The molecule has 1 aromatic carbocycles. The Morgan fingerprint density at radius 3 is 2.65 bits per heavy atom. The highest BCUT2D eigenvalue weighted by Crippen LogP contribution is 2.13. The predicted octanol–water partition coefficient (Wildman–Crippen LogP) is 3.00. The van der Waals surface area contributed by atoms with Gasteiger partial charge in [0.2, 0.25) is 0 Å². The van der Waals surface area contributed by atoms with Crippen LogP contribution in [0.15, 0.2) is 65.5 Å². The van der Waals surface area contributed by atoms with Gasteiger partial charge in [-0.15, -0.1) is 0 Å². The molecule has 5 nitrogen and oxygen atoms in total. The van der Waals surface area contributed by atoms with E-state index in [4.69, 9.17) is 0 Å². The summed E-state index contributed by atoms with van der Waals surface area (Å²) in [5, 5.41) is 7.11. The summed E-state index contributed by atoms with van der Waals surface area (Å²) in [6, 6.07) is 13.1. The maximum Gasteiger partial charge on any atom is 0.251 e. The van der Waals surface area contributed by atoms with Crippen molar-refractivity contribution in [1.29, 1.82) is 0 Å². The van der Waals surface area contributed by atoms with E-state index >= 15 is 0 Å². The summed E-state index contributed by atoms with van der Waals surface area (Å²) in [5.41, 5.74) is 2.49. The number of pyridine rings is 1. The number of halogens is 1. The van der Waals surface area contributed by atoms with Gasteiger partial charge in [-0.05, 0) is 52.3 Å². The second-order valence-electron chi connectivity index (χ2n) is 4.98. The molecule has 0 fully saturated rings. The number of aromatic nitrogens is 3. The maximum atomic E-state index is 12.1. The van der Waals surface area contributed by atoms with Crippen LogP contribution in [-0.2, 0) is 6.42 Å². The van der Waals surface area contributed by atoms with Crippen LogP contribution >= 0.6 is 15.9 Å². The van der Waals surface area contributed by atoms with E-state index in [0.29, 0.717) is 18.5 Å². The minimum atomic E-state index is -0.0888. The topological polar surface area (TPSA) is 59.8 Å². The molecule has 1 N–H and O–H groups in total. The first-order chi connectivity index (χ1) is 11.2. The van der Waals surface area contributed by atoms with Gasteiger partial charge in [0.15, 0.2) is 0 Å². The lowest BCUT2D eigenvalue weighted by molar-refractivity contribution is 0.0954. The second kappa shape index (κ2) is 7.19. The van der Waals surface area contributed by atoms with Crippen LogP contribution in [0.3, 0.4) is 0 Å². The van der Waals surface area contributed by atoms with Crippen LogP contribution < -0.4 is 5.32 Å². The quantitative estimate of drug-likeness (QED) is 0.750. The summed E-state index contributed by atoms with van der Waals surface area (Å²) in [4.78, 5) is 16.4. The molecule has 0 unspecified atom stereocenters. The van der Waals surface area contributed by atoms with Gasteiger partial charge in [-0.2, -0.15) is 5.10 Å². The van der Waals surface area contributed by atoms with Crippen molar-refractivity contribution in [2.24, 2.45) is 0 Å². The van der Waals surface area contributed by atoms with Gasteiger partial charge in [0, 0.05) is 36.6 Å². The summed E-state index contributed by atoms with van der Waals surface area (Å²) in [7, 11) is 0. The molecule has 116 valence electrons. The standard InChI is InChI=1S/C17H15BrN4O/c18-14-11-21-22(12-14)16-6-4-13(5-7-16)17(23)20-10-8-15-3-1-2-9-19-15/h1-7,9,11-12H,8,10H2,(H,20,23). The molecule has 0 radical (unpaired) electrons. The number of amides is 1. The molecule has 0 aliphatic carbocycles. The highest BCUT2D eigenvalue weighted by atomic mass is 79.9. The smallest absolute Gasteiger partial charge is 0.251 e. The van der Waals surface area contributed by atoms with E-state index < -0.39 is 0 Å². The zero-order valence-electron chi connectivity index (χ0n) is 12.3. The summed E-state index contributed by atoms with van der Waals surface area (Å²) in [6.45, 7) is 0.559. The first-order valence-corrected chi connectivity index (χ1v) is 8.00. The Balaban J connectivity index is 1.57. The van der Waals surface area contributed by atoms with Crippen LogP contribution in [0.5, 0.6) is 0 Å². The van der Waals surface area contributed by atoms with Crippen molar-refractivity contribution >= 4 is 21.8 Å². The van der Waals surface area contributed by atoms with Crippen LogP contribution in [0.4, 0.5) is 0 Å². The molecule has 0 aliphatic rings. The lowest BCUT2D eigenvalue weighted by Gasteiger charge is -2.06. The Morgan fingerprint density at radius 2 is 2.00 bits per heavy atom. The molecule has 0 spiro atoms. The number of rotatable bonds is 5. The number of carbonyl (C=O) groups excluding carboxylic acids is 1. The zero-order chi connectivity index (χ0) is 16.1. The minimum Gasteiger partial charge on any atom is -0.352 e. The number of carbonyl (C=O) groups is 1. The van der Waals surface area contributed by atoms with Crippen molar-refractivity contribution < 1.29 is 4.79 Å². The molecule has 0 bridgehead atoms. The summed E-state index contributed by atoms with van der Waals surface area (Å²) in [5.74, 6) is -0.0888. The van der Waals surface area contributed by atoms with Crippen molar-refractivity contribution in [2.45, 2.75) is 6.42 Å². The van der Waals surface area contributed by atoms with Gasteiger partial charge in [-0.3, -0.25) is 9.78 Å². The fraction of sp³-hybridized carbons (Fsp3) is 0.118. The molecule has 0 aliphatic heterocycles. The van der Waals surface area contributed by atoms with Crippen molar-refractivity contribution in [3.05, 3.63) is 76.8 Å². The van der Waals surface area contributed by atoms with Crippen molar-refractivity contribution in [2.75, 3.05) is 6.54 Å². The van der Waals surface area contributed by atoms with Gasteiger partial charge in [-0.1, -0.05) is 6.07 Å². The van der Waals surface area contributed by atoms with E-state index in [2.05, 4.69) is 31.3 Å². The molecule has 6 heteroatoms. The Hall–Kier alpha value is -2.47. The van der Waals surface area contributed by atoms with Gasteiger partial charge < -0.3 is 5.32 Å². The average Bonchev–Trinajstić information content (AvgIpc) is 3.02. The summed E-state index contributed by atoms with van der Waals surface area (Å²) >= 11 is 3.36. The maximum absolute atomic E-state index is 12.1. The second-order valence-corrected chi connectivity index (χ2v) is 5.89. The number of benzene rings is 1. The van der Waals surface area contributed by atoms with E-state index in [-0.39, 0.29) is 5.91 Å². The number of nitrogens with one attached hydrogen (secondary N) is 1. The normalized spacial score (nSPS) is 10.5. The van der Waals surface area contributed by atoms with Crippen LogP contribution in [-0.4, -0.2) is 27.2 Å². The number of nitrogens with zero attached hydrogens (tertiary/aromatic N) is 3. The zero-order valence-corrected chi connectivity index (χ0v) is 13.9. The van der Waals surface area contributed by atoms with Gasteiger partial charge >= 0.3 is 0 Å². The molecule has 3 rings (SSSR count). The number of hydrogen-bond donors (Lipinski definition) is 1. The fourth-order valence-corrected chi connectivity index (χ4v) is 2.45. The molecule has 2 heterocycles. The minimum absolute atomic E-state index is 0.0888. The van der Waals surface area contributed by atoms with Crippen LogP contribution in [0.25, 0.3) is 5.69 Å². The Morgan fingerprint density at radius 1 is 1.17 bits per heavy atom. The molecule has 0 saturated carbocycles. The van der Waals surface area contributed by atoms with Crippen LogP contribution in [0.2, 0.25) is 0 Å². The molecule has 0 saturated heterocycles. The summed E-state index contributed by atoms with van der Waals surface area (Å²) in [6.07, 6.45) is 6.05. The molecule has 3 aromatic rings. The Labute approximate surface area is 142 Å². The monoisotopic (exact) mass is 370 g/mol. The Kier molecular flexibility index (Phi) is 4.83. The van der Waals surface area contributed by atoms with Gasteiger partial charge in [0.25, 0.3) is 5.91 Å². The van der Waals surface area contributed by atoms with E-state index in [9.17, 15) is 4.79 Å². The van der Waals surface area contributed by atoms with Crippen LogP contribution in [0.1, 0.15) is 16.1 Å². The Bertz CT molecular complexity index is 784. The highest BCUT2D eigenvalue weighted by Gasteiger charge is 2.06. The molecule has 2 aromatic heterocycles. The number of hydrogen-bond acceptors (Lipinski definition) is 3. The SMILES string of the molecule is O=C(NCCc1ccccn1)c1ccc(-n2cc(Br)cn2)cc1. The third kappa shape index (κ3) is 4.04. The van der Waals surface area contributed by atoms with E-state index in [1.54, 1.807) is 29.2 Å². The van der Waals surface area contributed by atoms with E-state index in [1.165, 1.54) is 0 Å². The van der Waals surface area contributed by atoms with E-state index in [1.807, 2.05) is 36.5 Å². The van der Waals surface area contributed by atoms with Crippen molar-refractivity contribution in [3.8, 4) is 5.69 Å². The molecular formula is C17H15BrN4O. The lowest BCUT2D eigenvalue weighted by atomic mass is 10.2. The van der Waals surface area contributed by atoms with Gasteiger partial charge in [0.1, 0.15) is 0 Å². The summed E-state index contributed by atoms with van der Waals surface area (Å²) < 4.78 is 2.65. The molecule has 23 heavy (non-hydrogen) atoms. The molecule has 1 amide bonds.